The first-order valence-electron chi connectivity index (χ1n) is 17.6. The standard InChI is InChI=1S/C48H41N/c1-5-13-31(2)37-19-10-14-32(3)46(37)40-22-11-21-39-38(40)20-12-23-41(39)48-44-17-8-6-15-42(44)47(43-16-7-9-18-45(43)48)35-28-26-34(27-29-35)36-25-24-33(4)49-30-36/h6-12,14-31H,5,13H2,1-4H3. The highest BCUT2D eigenvalue weighted by molar-refractivity contribution is 6.24. The molecule has 0 aliphatic rings. The Bertz CT molecular complexity index is 2410. The summed E-state index contributed by atoms with van der Waals surface area (Å²) in [5, 5.41) is 7.67. The number of nitrogens with zero attached hydrogens (tertiary/aromatic N) is 1. The zero-order valence-corrected chi connectivity index (χ0v) is 28.8. The van der Waals surface area contributed by atoms with Gasteiger partial charge in [-0.05, 0) is 115 Å². The van der Waals surface area contributed by atoms with E-state index >= 15 is 0 Å². The molecule has 1 atom stereocenters. The van der Waals surface area contributed by atoms with Gasteiger partial charge in [0, 0.05) is 17.5 Å². The number of hydrogen-bond donors (Lipinski definition) is 0. The Morgan fingerprint density at radius 3 is 1.55 bits per heavy atom. The van der Waals surface area contributed by atoms with Crippen LogP contribution >= 0.6 is 0 Å². The summed E-state index contributed by atoms with van der Waals surface area (Å²) in [7, 11) is 0. The first kappa shape index (κ1) is 30.8. The highest BCUT2D eigenvalue weighted by atomic mass is 14.7. The zero-order chi connectivity index (χ0) is 33.5. The van der Waals surface area contributed by atoms with Crippen molar-refractivity contribution in [1.82, 2.24) is 4.98 Å². The summed E-state index contributed by atoms with van der Waals surface area (Å²) in [5.41, 5.74) is 13.9. The third-order valence-electron chi connectivity index (χ3n) is 10.4. The third-order valence-corrected chi connectivity index (χ3v) is 10.4. The predicted octanol–water partition coefficient (Wildman–Crippen LogP) is 13.7. The molecule has 1 unspecified atom stereocenters. The Balaban J connectivity index is 1.36. The summed E-state index contributed by atoms with van der Waals surface area (Å²) in [6, 6.07) is 51.8. The van der Waals surface area contributed by atoms with Crippen molar-refractivity contribution in [1.29, 1.82) is 0 Å². The van der Waals surface area contributed by atoms with E-state index in [1.165, 1.54) is 95.2 Å². The van der Waals surface area contributed by atoms with Gasteiger partial charge in [-0.15, -0.1) is 0 Å². The van der Waals surface area contributed by atoms with Crippen LogP contribution in [0.5, 0.6) is 0 Å². The van der Waals surface area contributed by atoms with Crippen LogP contribution in [0.25, 0.3) is 76.8 Å². The fourth-order valence-electron chi connectivity index (χ4n) is 8.00. The molecular formula is C48H41N. The van der Waals surface area contributed by atoms with E-state index in [2.05, 4.69) is 165 Å². The maximum atomic E-state index is 4.52. The summed E-state index contributed by atoms with van der Waals surface area (Å²) in [5.74, 6) is 0.501. The molecule has 8 rings (SSSR count). The van der Waals surface area contributed by atoms with Crippen molar-refractivity contribution in [2.75, 3.05) is 0 Å². The smallest absolute Gasteiger partial charge is 0.0373 e. The van der Waals surface area contributed by atoms with Crippen LogP contribution in [0.15, 0.2) is 146 Å². The van der Waals surface area contributed by atoms with Crippen LogP contribution in [0.1, 0.15) is 49.4 Å². The number of rotatable bonds is 7. The molecule has 0 fully saturated rings. The van der Waals surface area contributed by atoms with Gasteiger partial charge in [0.25, 0.3) is 0 Å². The molecule has 1 nitrogen and oxygen atoms in total. The lowest BCUT2D eigenvalue weighted by Gasteiger charge is -2.21. The van der Waals surface area contributed by atoms with Crippen molar-refractivity contribution >= 4 is 32.3 Å². The van der Waals surface area contributed by atoms with Crippen molar-refractivity contribution in [2.45, 2.75) is 46.5 Å². The molecule has 0 saturated heterocycles. The van der Waals surface area contributed by atoms with Crippen molar-refractivity contribution in [3.63, 3.8) is 0 Å². The van der Waals surface area contributed by atoms with Gasteiger partial charge in [-0.2, -0.15) is 0 Å². The van der Waals surface area contributed by atoms with Crippen LogP contribution in [0.3, 0.4) is 0 Å². The highest BCUT2D eigenvalue weighted by Crippen LogP contribution is 2.47. The molecule has 0 radical (unpaired) electrons. The monoisotopic (exact) mass is 631 g/mol. The zero-order valence-electron chi connectivity index (χ0n) is 28.8. The fraction of sp³-hybridized carbons (Fsp3) is 0.146. The van der Waals surface area contributed by atoms with E-state index in [0.717, 1.165) is 11.3 Å². The minimum Gasteiger partial charge on any atom is -0.261 e. The van der Waals surface area contributed by atoms with Gasteiger partial charge in [0.15, 0.2) is 0 Å². The third kappa shape index (κ3) is 5.40. The van der Waals surface area contributed by atoms with Gasteiger partial charge in [-0.25, -0.2) is 0 Å². The summed E-state index contributed by atoms with van der Waals surface area (Å²) in [6.45, 7) is 8.96. The number of fused-ring (bicyclic) bond motifs is 3. The summed E-state index contributed by atoms with van der Waals surface area (Å²) in [6.07, 6.45) is 4.33. The molecule has 0 saturated carbocycles. The molecular weight excluding hydrogens is 591 g/mol. The van der Waals surface area contributed by atoms with Crippen molar-refractivity contribution in [2.24, 2.45) is 0 Å². The van der Waals surface area contributed by atoms with E-state index in [4.69, 9.17) is 0 Å². The second kappa shape index (κ2) is 12.8. The molecule has 0 amide bonds. The normalized spacial score (nSPS) is 12.2. The molecule has 49 heavy (non-hydrogen) atoms. The van der Waals surface area contributed by atoms with E-state index in [9.17, 15) is 0 Å². The second-order valence-corrected chi connectivity index (χ2v) is 13.5. The Morgan fingerprint density at radius 2 is 0.980 bits per heavy atom. The number of aryl methyl sites for hydroxylation is 2. The lowest BCUT2D eigenvalue weighted by molar-refractivity contribution is 0.666. The first-order valence-corrected chi connectivity index (χ1v) is 17.6. The lowest BCUT2D eigenvalue weighted by Crippen LogP contribution is -1.99. The minimum atomic E-state index is 0.501. The van der Waals surface area contributed by atoms with Crippen LogP contribution in [-0.2, 0) is 0 Å². The Kier molecular flexibility index (Phi) is 8.06. The largest absolute Gasteiger partial charge is 0.261 e. The van der Waals surface area contributed by atoms with Crippen molar-refractivity contribution in [3.05, 3.63) is 163 Å². The number of aromatic nitrogens is 1. The van der Waals surface area contributed by atoms with Crippen LogP contribution in [0.2, 0.25) is 0 Å². The molecule has 0 spiro atoms. The van der Waals surface area contributed by atoms with Gasteiger partial charge < -0.3 is 0 Å². The molecule has 0 aliphatic heterocycles. The molecule has 1 aromatic heterocycles. The van der Waals surface area contributed by atoms with Gasteiger partial charge in [0.2, 0.25) is 0 Å². The average Bonchev–Trinajstić information content (AvgIpc) is 3.14. The maximum absolute atomic E-state index is 4.52. The quantitative estimate of drug-likeness (QED) is 0.160. The number of pyridine rings is 1. The number of benzene rings is 7. The van der Waals surface area contributed by atoms with Crippen molar-refractivity contribution < 1.29 is 0 Å². The van der Waals surface area contributed by atoms with Crippen LogP contribution in [0, 0.1) is 13.8 Å². The predicted molar refractivity (Wildman–Crippen MR) is 211 cm³/mol. The average molecular weight is 632 g/mol. The van der Waals surface area contributed by atoms with Crippen LogP contribution in [0.4, 0.5) is 0 Å². The molecule has 0 aliphatic carbocycles. The molecule has 1 heterocycles. The Morgan fingerprint density at radius 1 is 0.469 bits per heavy atom. The van der Waals surface area contributed by atoms with E-state index < -0.39 is 0 Å². The number of hydrogen-bond acceptors (Lipinski definition) is 1. The molecule has 8 aromatic rings. The first-order chi connectivity index (χ1) is 24.0. The van der Waals surface area contributed by atoms with Crippen LogP contribution < -0.4 is 0 Å². The lowest BCUT2D eigenvalue weighted by atomic mass is 9.82. The molecule has 0 bridgehead atoms. The van der Waals surface area contributed by atoms with E-state index in [-0.39, 0.29) is 0 Å². The van der Waals surface area contributed by atoms with Gasteiger partial charge in [-0.1, -0.05) is 154 Å². The fourth-order valence-corrected chi connectivity index (χ4v) is 8.00. The van der Waals surface area contributed by atoms with Crippen molar-refractivity contribution in [3.8, 4) is 44.5 Å². The van der Waals surface area contributed by atoms with E-state index in [0.29, 0.717) is 5.92 Å². The molecule has 1 heteroatoms. The molecule has 0 N–H and O–H groups in total. The minimum absolute atomic E-state index is 0.501. The summed E-state index contributed by atoms with van der Waals surface area (Å²) >= 11 is 0. The molecule has 238 valence electrons. The Labute approximate surface area is 289 Å². The van der Waals surface area contributed by atoms with Gasteiger partial charge in [0.1, 0.15) is 0 Å². The van der Waals surface area contributed by atoms with Crippen LogP contribution in [-0.4, -0.2) is 4.98 Å². The van der Waals surface area contributed by atoms with E-state index in [1.807, 2.05) is 13.1 Å². The van der Waals surface area contributed by atoms with Gasteiger partial charge >= 0.3 is 0 Å². The topological polar surface area (TPSA) is 12.9 Å². The van der Waals surface area contributed by atoms with Gasteiger partial charge in [-0.3, -0.25) is 4.98 Å². The SMILES string of the molecule is CCCC(C)c1cccc(C)c1-c1cccc2c(-c3c4ccccc4c(-c4ccc(-c5ccc(C)nc5)cc4)c4ccccc34)cccc12. The summed E-state index contributed by atoms with van der Waals surface area (Å²) < 4.78 is 0. The maximum Gasteiger partial charge on any atom is 0.0373 e. The van der Waals surface area contributed by atoms with E-state index in [1.54, 1.807) is 0 Å². The highest BCUT2D eigenvalue weighted by Gasteiger charge is 2.20. The molecule has 7 aromatic carbocycles. The summed E-state index contributed by atoms with van der Waals surface area (Å²) in [4.78, 5) is 4.52. The second-order valence-electron chi connectivity index (χ2n) is 13.5. The Hall–Kier alpha value is -5.53. The van der Waals surface area contributed by atoms with Gasteiger partial charge in [0.05, 0.1) is 0 Å².